The van der Waals surface area contributed by atoms with E-state index >= 15 is 0 Å². The number of primary sulfonamides is 1. The third-order valence-corrected chi connectivity index (χ3v) is 5.37. The summed E-state index contributed by atoms with van der Waals surface area (Å²) < 4.78 is 22.6. The number of nitrogens with zero attached hydrogens (tertiary/aromatic N) is 3. The number of hydrogen-bond acceptors (Lipinski definition) is 7. The molecule has 8 nitrogen and oxygen atoms in total. The number of rotatable bonds is 6. The van der Waals surface area contributed by atoms with Crippen molar-refractivity contribution < 1.29 is 8.42 Å². The molecule has 29 heavy (non-hydrogen) atoms. The topological polar surface area (TPSA) is 148 Å². The average Bonchev–Trinajstić information content (AvgIpc) is 2.67. The van der Waals surface area contributed by atoms with Crippen LogP contribution in [0.5, 0.6) is 0 Å². The number of aromatic nitrogens is 2. The average molecular weight is 408 g/mol. The monoisotopic (exact) mass is 408 g/mol. The highest BCUT2D eigenvalue weighted by molar-refractivity contribution is 7.89. The van der Waals surface area contributed by atoms with Gasteiger partial charge in [-0.2, -0.15) is 10.2 Å². The van der Waals surface area contributed by atoms with Gasteiger partial charge in [-0.25, -0.2) is 18.5 Å². The van der Waals surface area contributed by atoms with Crippen LogP contribution in [0.3, 0.4) is 0 Å². The fourth-order valence-electron chi connectivity index (χ4n) is 2.91. The molecule has 0 aliphatic rings. The van der Waals surface area contributed by atoms with Gasteiger partial charge in [0.05, 0.1) is 22.2 Å². The molecule has 0 saturated heterocycles. The minimum Gasteiger partial charge on any atom is -0.370 e. The van der Waals surface area contributed by atoms with Gasteiger partial charge in [-0.05, 0) is 42.7 Å². The molecule has 3 aromatic rings. The predicted octanol–water partition coefficient (Wildman–Crippen LogP) is 2.21. The van der Waals surface area contributed by atoms with Crippen LogP contribution in [-0.2, 0) is 16.4 Å². The van der Waals surface area contributed by atoms with Crippen LogP contribution in [-0.4, -0.2) is 24.9 Å². The van der Waals surface area contributed by atoms with Gasteiger partial charge < -0.3 is 11.1 Å². The molecule has 0 aliphatic carbocycles. The molecule has 0 bridgehead atoms. The van der Waals surface area contributed by atoms with Gasteiger partial charge in [0.15, 0.2) is 0 Å². The molecule has 5 N–H and O–H groups in total. The van der Waals surface area contributed by atoms with Gasteiger partial charge in [0.2, 0.25) is 16.0 Å². The smallest absolute Gasteiger partial charge is 0.238 e. The quantitative estimate of drug-likeness (QED) is 0.566. The Morgan fingerprint density at radius 3 is 2.52 bits per heavy atom. The van der Waals surface area contributed by atoms with Crippen LogP contribution in [0.4, 0.5) is 11.8 Å². The van der Waals surface area contributed by atoms with E-state index in [0.717, 1.165) is 16.7 Å². The molecular weight excluding hydrogens is 388 g/mol. The molecular formula is C20H20N6O2S. The fraction of sp³-hybridized carbons (Fsp3) is 0.150. The number of anilines is 2. The number of nitriles is 1. The Morgan fingerprint density at radius 1 is 1.14 bits per heavy atom. The molecule has 1 aromatic heterocycles. The molecule has 0 atom stereocenters. The zero-order valence-corrected chi connectivity index (χ0v) is 16.6. The Kier molecular flexibility index (Phi) is 5.77. The largest absolute Gasteiger partial charge is 0.370 e. The SMILES string of the molecule is Cc1c(C#N)cccc1-c1cc(NCCc2ccc(S(N)(=O)=O)cc2)nc(N)n1. The summed E-state index contributed by atoms with van der Waals surface area (Å²) in [7, 11) is -3.69. The lowest BCUT2D eigenvalue weighted by Gasteiger charge is -2.11. The molecule has 0 saturated carbocycles. The molecule has 0 aliphatic heterocycles. The number of hydrogen-bond donors (Lipinski definition) is 3. The van der Waals surface area contributed by atoms with Gasteiger partial charge in [0.1, 0.15) is 5.82 Å². The molecule has 0 fully saturated rings. The Morgan fingerprint density at radius 2 is 1.86 bits per heavy atom. The zero-order chi connectivity index (χ0) is 21.0. The summed E-state index contributed by atoms with van der Waals surface area (Å²) >= 11 is 0. The summed E-state index contributed by atoms with van der Waals surface area (Å²) in [6.45, 7) is 2.42. The fourth-order valence-corrected chi connectivity index (χ4v) is 3.42. The normalized spacial score (nSPS) is 11.1. The van der Waals surface area contributed by atoms with Crippen molar-refractivity contribution in [3.8, 4) is 17.3 Å². The first-order valence-corrected chi connectivity index (χ1v) is 10.3. The van der Waals surface area contributed by atoms with Crippen LogP contribution in [0, 0.1) is 18.3 Å². The van der Waals surface area contributed by atoms with Gasteiger partial charge in [0, 0.05) is 18.2 Å². The second-order valence-electron chi connectivity index (χ2n) is 6.45. The molecule has 2 aromatic carbocycles. The van der Waals surface area contributed by atoms with E-state index in [1.165, 1.54) is 12.1 Å². The van der Waals surface area contributed by atoms with Crippen molar-refractivity contribution in [1.29, 1.82) is 5.26 Å². The van der Waals surface area contributed by atoms with E-state index in [-0.39, 0.29) is 10.8 Å². The number of nitrogens with two attached hydrogens (primary N) is 2. The van der Waals surface area contributed by atoms with Crippen LogP contribution in [0.2, 0.25) is 0 Å². The molecule has 0 spiro atoms. The summed E-state index contributed by atoms with van der Waals surface area (Å²) in [6, 6.07) is 15.8. The van der Waals surface area contributed by atoms with Crippen molar-refractivity contribution >= 4 is 21.8 Å². The molecule has 0 amide bonds. The van der Waals surface area contributed by atoms with E-state index in [1.54, 1.807) is 30.3 Å². The summed E-state index contributed by atoms with van der Waals surface area (Å²) in [6.07, 6.45) is 0.646. The molecule has 9 heteroatoms. The van der Waals surface area contributed by atoms with E-state index in [0.29, 0.717) is 30.0 Å². The Hall–Kier alpha value is -3.48. The third kappa shape index (κ3) is 4.87. The van der Waals surface area contributed by atoms with E-state index in [4.69, 9.17) is 10.9 Å². The van der Waals surface area contributed by atoms with Crippen LogP contribution >= 0.6 is 0 Å². The Labute approximate surface area is 169 Å². The van der Waals surface area contributed by atoms with Crippen molar-refractivity contribution in [1.82, 2.24) is 9.97 Å². The van der Waals surface area contributed by atoms with Gasteiger partial charge in [-0.3, -0.25) is 0 Å². The number of nitrogen functional groups attached to an aromatic ring is 1. The summed E-state index contributed by atoms with van der Waals surface area (Å²) in [4.78, 5) is 8.57. The van der Waals surface area contributed by atoms with Gasteiger partial charge >= 0.3 is 0 Å². The van der Waals surface area contributed by atoms with Crippen molar-refractivity contribution in [3.05, 3.63) is 65.2 Å². The van der Waals surface area contributed by atoms with Gasteiger partial charge in [-0.15, -0.1) is 0 Å². The summed E-state index contributed by atoms with van der Waals surface area (Å²) in [5.41, 5.74) is 9.67. The first kappa shape index (κ1) is 20.3. The Bertz CT molecular complexity index is 1180. The highest BCUT2D eigenvalue weighted by Crippen LogP contribution is 2.26. The standard InChI is InChI=1S/C20H20N6O2S/c1-13-15(12-21)3-2-4-17(13)18-11-19(26-20(22)25-18)24-10-9-14-5-7-16(8-6-14)29(23,27)28/h2-8,11H,9-10H2,1H3,(H2,23,27,28)(H3,22,24,25,26). The van der Waals surface area contributed by atoms with Crippen LogP contribution in [0.15, 0.2) is 53.4 Å². The summed E-state index contributed by atoms with van der Waals surface area (Å²) in [5, 5.41) is 17.5. The third-order valence-electron chi connectivity index (χ3n) is 4.45. The van der Waals surface area contributed by atoms with Crippen molar-refractivity contribution in [2.45, 2.75) is 18.2 Å². The van der Waals surface area contributed by atoms with Gasteiger partial charge in [0.25, 0.3) is 0 Å². The maximum absolute atomic E-state index is 11.3. The predicted molar refractivity (Wildman–Crippen MR) is 111 cm³/mol. The van der Waals surface area contributed by atoms with E-state index in [9.17, 15) is 13.7 Å². The second-order valence-corrected chi connectivity index (χ2v) is 8.01. The van der Waals surface area contributed by atoms with E-state index in [1.807, 2.05) is 13.0 Å². The lowest BCUT2D eigenvalue weighted by atomic mass is 10.0. The minimum atomic E-state index is -3.69. The molecule has 148 valence electrons. The lowest BCUT2D eigenvalue weighted by Crippen LogP contribution is -2.12. The van der Waals surface area contributed by atoms with Crippen LogP contribution < -0.4 is 16.2 Å². The van der Waals surface area contributed by atoms with Crippen LogP contribution in [0.1, 0.15) is 16.7 Å². The van der Waals surface area contributed by atoms with Crippen molar-refractivity contribution in [3.63, 3.8) is 0 Å². The molecule has 3 rings (SSSR count). The molecule has 1 heterocycles. The summed E-state index contributed by atoms with van der Waals surface area (Å²) in [5.74, 6) is 0.694. The highest BCUT2D eigenvalue weighted by Gasteiger charge is 2.10. The highest BCUT2D eigenvalue weighted by atomic mass is 32.2. The molecule has 0 radical (unpaired) electrons. The van der Waals surface area contributed by atoms with E-state index < -0.39 is 10.0 Å². The van der Waals surface area contributed by atoms with Crippen molar-refractivity contribution in [2.24, 2.45) is 5.14 Å². The van der Waals surface area contributed by atoms with E-state index in [2.05, 4.69) is 21.4 Å². The maximum atomic E-state index is 11.3. The Balaban J connectivity index is 1.74. The van der Waals surface area contributed by atoms with Crippen molar-refractivity contribution in [2.75, 3.05) is 17.6 Å². The minimum absolute atomic E-state index is 0.0809. The van der Waals surface area contributed by atoms with Gasteiger partial charge in [-0.1, -0.05) is 24.3 Å². The first-order chi connectivity index (χ1) is 13.8. The number of benzene rings is 2. The second kappa shape index (κ2) is 8.26. The first-order valence-electron chi connectivity index (χ1n) is 8.78. The molecule has 0 unspecified atom stereocenters. The number of nitrogens with one attached hydrogen (secondary N) is 1. The number of sulfonamides is 1. The van der Waals surface area contributed by atoms with Crippen LogP contribution in [0.25, 0.3) is 11.3 Å². The zero-order valence-electron chi connectivity index (χ0n) is 15.8. The lowest BCUT2D eigenvalue weighted by molar-refractivity contribution is 0.598. The maximum Gasteiger partial charge on any atom is 0.238 e.